The fourth-order valence-electron chi connectivity index (χ4n) is 8.63. The number of H-pyrrole nitrogens is 1. The predicted octanol–water partition coefficient (Wildman–Crippen LogP) is 7.48. The van der Waals surface area contributed by atoms with Gasteiger partial charge in [-0.15, -0.1) is 0 Å². The molecule has 3 fully saturated rings. The number of benzene rings is 2. The molecule has 0 radical (unpaired) electrons. The number of carbonyl (C=O) groups is 1. The monoisotopic (exact) mass is 852 g/mol. The molecule has 1 saturated carbocycles. The van der Waals surface area contributed by atoms with Crippen LogP contribution in [0.5, 0.6) is 11.5 Å². The number of anilines is 2. The highest BCUT2D eigenvalue weighted by molar-refractivity contribution is 7.90. The van der Waals surface area contributed by atoms with Crippen LogP contribution < -0.4 is 19.7 Å². The maximum atomic E-state index is 13.7. The standard InChI is InChI=1S/C43H45ClN8O7S/c44-31-4-2-28(3-5-31)34-23-43(10-1-11-43)12-8-30(34)26-50-14-16-51(17-15-50)38-22-36(46-25-39(38)59-32-20-29-9-13-45-41(29)47-24-32)42(53)49-60(56)33-6-7-35(37(21-33)52(54)55)48-40-27-57-18-19-58-40/h2-7,9,13,20-22,24-25,40,48H,1,8,10-12,14-19,23,26-27H2,(H,45,47)(H,49,53)/t40-,60?/m1/s1. The van der Waals surface area contributed by atoms with Crippen molar-refractivity contribution in [3.8, 4) is 11.5 Å². The molecular weight excluding hydrogens is 808 g/mol. The summed E-state index contributed by atoms with van der Waals surface area (Å²) in [5.74, 6) is 0.234. The number of aromatic nitrogens is 3. The van der Waals surface area contributed by atoms with Crippen LogP contribution in [0.4, 0.5) is 17.1 Å². The van der Waals surface area contributed by atoms with Crippen LogP contribution in [0.25, 0.3) is 16.6 Å². The maximum Gasteiger partial charge on any atom is 0.311 e. The lowest BCUT2D eigenvalue weighted by Crippen LogP contribution is -2.47. The van der Waals surface area contributed by atoms with Crippen LogP contribution in [0.1, 0.15) is 54.6 Å². The fraction of sp³-hybridized carbons (Fsp3) is 0.372. The summed E-state index contributed by atoms with van der Waals surface area (Å²) in [5.41, 5.74) is 5.93. The lowest BCUT2D eigenvalue weighted by molar-refractivity contribution is -0.384. The Labute approximate surface area is 354 Å². The SMILES string of the molecule is O=C(N[S+]([O-])c1ccc(N[C@H]2COCCO2)c([N+](=O)[O-])c1)c1cc(N2CCN(CC3=C(c4ccc(Cl)cc4)CC4(CCC4)CC3)CC2)c(Oc2cnc3[nH]ccc3c2)cn1. The van der Waals surface area contributed by atoms with E-state index in [1.807, 2.05) is 30.5 Å². The van der Waals surface area contributed by atoms with Crippen molar-refractivity contribution in [3.63, 3.8) is 0 Å². The first-order valence-electron chi connectivity index (χ1n) is 20.2. The summed E-state index contributed by atoms with van der Waals surface area (Å²) in [7, 11) is 0. The molecular formula is C43H45ClN8O7S. The zero-order chi connectivity index (χ0) is 41.2. The van der Waals surface area contributed by atoms with Gasteiger partial charge in [0.25, 0.3) is 5.69 Å². The highest BCUT2D eigenvalue weighted by Crippen LogP contribution is 2.55. The van der Waals surface area contributed by atoms with Gasteiger partial charge in [-0.05, 0) is 91.1 Å². The number of pyridine rings is 2. The van der Waals surface area contributed by atoms with Gasteiger partial charge in [-0.25, -0.2) is 9.97 Å². The molecule has 1 spiro atoms. The van der Waals surface area contributed by atoms with Crippen LogP contribution in [-0.4, -0.2) is 94.0 Å². The molecule has 1 amide bonds. The first-order chi connectivity index (χ1) is 29.2. The molecule has 15 nitrogen and oxygen atoms in total. The van der Waals surface area contributed by atoms with Gasteiger partial charge in [0.2, 0.25) is 0 Å². The normalized spacial score (nSPS) is 19.8. The van der Waals surface area contributed by atoms with Crippen molar-refractivity contribution in [1.82, 2.24) is 24.6 Å². The molecule has 2 atom stereocenters. The number of carbonyl (C=O) groups excluding carboxylic acids is 1. The molecule has 1 unspecified atom stereocenters. The van der Waals surface area contributed by atoms with Crippen LogP contribution in [0.3, 0.4) is 0 Å². The Morgan fingerprint density at radius 3 is 2.62 bits per heavy atom. The molecule has 2 aliphatic heterocycles. The van der Waals surface area contributed by atoms with Gasteiger partial charge >= 0.3 is 5.91 Å². The highest BCUT2D eigenvalue weighted by atomic mass is 35.5. The molecule has 4 aliphatic rings. The van der Waals surface area contributed by atoms with Gasteiger partial charge in [0.15, 0.2) is 16.9 Å². The number of piperazine rings is 1. The second kappa shape index (κ2) is 17.4. The minimum atomic E-state index is -2.14. The Hall–Kier alpha value is -5.23. The van der Waals surface area contributed by atoms with Crippen LogP contribution in [-0.2, 0) is 20.8 Å². The fourth-order valence-corrected chi connectivity index (χ4v) is 9.56. The number of nitrogens with zero attached hydrogens (tertiary/aromatic N) is 5. The van der Waals surface area contributed by atoms with Gasteiger partial charge in [-0.1, -0.05) is 35.7 Å². The van der Waals surface area contributed by atoms with Crippen LogP contribution in [0, 0.1) is 15.5 Å². The summed E-state index contributed by atoms with van der Waals surface area (Å²) >= 11 is 4.14. The Balaban J connectivity index is 0.930. The summed E-state index contributed by atoms with van der Waals surface area (Å²) in [4.78, 5) is 41.8. The van der Waals surface area contributed by atoms with Gasteiger partial charge in [0.05, 0.1) is 48.9 Å². The number of ether oxygens (including phenoxy) is 3. The topological polar surface area (TPSA) is 183 Å². The number of halogens is 1. The molecule has 3 N–H and O–H groups in total. The maximum absolute atomic E-state index is 13.7. The third-order valence-electron chi connectivity index (χ3n) is 12.1. The van der Waals surface area contributed by atoms with E-state index >= 15 is 0 Å². The Morgan fingerprint density at radius 1 is 1.03 bits per heavy atom. The Morgan fingerprint density at radius 2 is 1.87 bits per heavy atom. The molecule has 9 rings (SSSR count). The average molecular weight is 853 g/mol. The van der Waals surface area contributed by atoms with Gasteiger partial charge in [-0.3, -0.25) is 19.8 Å². The van der Waals surface area contributed by atoms with E-state index in [-0.39, 0.29) is 28.6 Å². The summed E-state index contributed by atoms with van der Waals surface area (Å²) in [6.07, 6.45) is 11.7. The van der Waals surface area contributed by atoms with E-state index in [9.17, 15) is 19.5 Å². The summed E-state index contributed by atoms with van der Waals surface area (Å²) < 4.78 is 33.3. The highest BCUT2D eigenvalue weighted by Gasteiger charge is 2.41. The summed E-state index contributed by atoms with van der Waals surface area (Å²) in [6, 6.07) is 17.8. The minimum Gasteiger partial charge on any atom is -0.588 e. The third-order valence-corrected chi connectivity index (χ3v) is 13.4. The van der Waals surface area contributed by atoms with Crippen LogP contribution in [0.2, 0.25) is 5.02 Å². The number of nitro groups is 1. The summed E-state index contributed by atoms with van der Waals surface area (Å²) in [6.45, 7) is 4.81. The molecule has 2 saturated heterocycles. The largest absolute Gasteiger partial charge is 0.588 e. The van der Waals surface area contributed by atoms with Crippen molar-refractivity contribution in [2.45, 2.75) is 49.6 Å². The Bertz CT molecular complexity index is 2410. The van der Waals surface area contributed by atoms with Gasteiger partial charge in [0, 0.05) is 49.3 Å². The number of hydrogen-bond acceptors (Lipinski definition) is 12. The van der Waals surface area contributed by atoms with Crippen LogP contribution >= 0.6 is 11.6 Å². The second-order valence-corrected chi connectivity index (χ2v) is 17.5. The number of amides is 1. The van der Waals surface area contributed by atoms with Crippen molar-refractivity contribution >= 4 is 62.5 Å². The Kier molecular flexibility index (Phi) is 11.7. The number of nitro benzene ring substituents is 1. The van der Waals surface area contributed by atoms with E-state index in [2.05, 4.69) is 46.9 Å². The number of nitrogens with one attached hydrogen (secondary N) is 3. The molecule has 5 heterocycles. The second-order valence-electron chi connectivity index (χ2n) is 15.8. The smallest absolute Gasteiger partial charge is 0.311 e. The van der Waals surface area contributed by atoms with Gasteiger partial charge in [-0.2, -0.15) is 4.72 Å². The van der Waals surface area contributed by atoms with E-state index in [0.29, 0.717) is 48.9 Å². The van der Waals surface area contributed by atoms with E-state index in [1.165, 1.54) is 66.8 Å². The molecule has 2 aliphatic carbocycles. The molecule has 5 aromatic rings. The van der Waals surface area contributed by atoms with E-state index < -0.39 is 28.4 Å². The molecule has 17 heteroatoms. The predicted molar refractivity (Wildman–Crippen MR) is 229 cm³/mol. The minimum absolute atomic E-state index is 0.0134. The first-order valence-corrected chi connectivity index (χ1v) is 21.7. The van der Waals surface area contributed by atoms with Crippen molar-refractivity contribution in [1.29, 1.82) is 0 Å². The molecule has 3 aromatic heterocycles. The number of aromatic amines is 1. The molecule has 312 valence electrons. The van der Waals surface area contributed by atoms with Crippen molar-refractivity contribution < 1.29 is 28.5 Å². The van der Waals surface area contributed by atoms with Crippen molar-refractivity contribution in [2.24, 2.45) is 5.41 Å². The van der Waals surface area contributed by atoms with Crippen molar-refractivity contribution in [2.75, 3.05) is 62.8 Å². The van der Waals surface area contributed by atoms with E-state index in [0.717, 1.165) is 48.5 Å². The van der Waals surface area contributed by atoms with Crippen LogP contribution in [0.15, 0.2) is 89.7 Å². The lowest BCUT2D eigenvalue weighted by atomic mass is 9.59. The first kappa shape index (κ1) is 40.2. The van der Waals surface area contributed by atoms with Gasteiger partial charge in [0.1, 0.15) is 34.1 Å². The number of fused-ring (bicyclic) bond motifs is 1. The molecule has 2 aromatic carbocycles. The quantitative estimate of drug-likeness (QED) is 0.0640. The third kappa shape index (κ3) is 8.80. The van der Waals surface area contributed by atoms with Gasteiger partial charge < -0.3 is 34.0 Å². The average Bonchev–Trinajstić information content (AvgIpc) is 3.73. The number of allylic oxidation sites excluding steroid dienone is 1. The molecule has 60 heavy (non-hydrogen) atoms. The zero-order valence-electron chi connectivity index (χ0n) is 32.9. The van der Waals surface area contributed by atoms with Crippen molar-refractivity contribution in [3.05, 3.63) is 111 Å². The zero-order valence-corrected chi connectivity index (χ0v) is 34.4. The van der Waals surface area contributed by atoms with E-state index in [1.54, 1.807) is 12.3 Å². The van der Waals surface area contributed by atoms with E-state index in [4.69, 9.17) is 25.8 Å². The lowest BCUT2D eigenvalue weighted by Gasteiger charge is -2.47. The summed E-state index contributed by atoms with van der Waals surface area (Å²) in [5, 5.41) is 16.6. The number of hydrogen-bond donors (Lipinski definition) is 3. The number of rotatable bonds is 12. The molecule has 0 bridgehead atoms.